The van der Waals surface area contributed by atoms with Crippen molar-refractivity contribution in [2.24, 2.45) is 5.92 Å². The van der Waals surface area contributed by atoms with Crippen molar-refractivity contribution in [3.63, 3.8) is 0 Å². The number of carbonyl (C=O) groups is 2. The summed E-state index contributed by atoms with van der Waals surface area (Å²) in [4.78, 5) is 27.7. The van der Waals surface area contributed by atoms with E-state index in [0.717, 1.165) is 24.8 Å². The second kappa shape index (κ2) is 9.07. The lowest BCUT2D eigenvalue weighted by Gasteiger charge is -2.28. The van der Waals surface area contributed by atoms with E-state index in [1.165, 1.54) is 6.26 Å². The molecule has 0 aliphatic carbocycles. The van der Waals surface area contributed by atoms with Crippen molar-refractivity contribution < 1.29 is 22.4 Å². The third kappa shape index (κ3) is 4.31. The van der Waals surface area contributed by atoms with Crippen molar-refractivity contribution in [1.82, 2.24) is 9.62 Å². The predicted molar refractivity (Wildman–Crippen MR) is 120 cm³/mol. The molecule has 0 unspecified atom stereocenters. The molecule has 2 aromatic rings. The second-order valence-corrected chi connectivity index (χ2v) is 10.6. The predicted octanol–water partition coefficient (Wildman–Crippen LogP) is 2.80. The van der Waals surface area contributed by atoms with Crippen LogP contribution in [0.5, 0.6) is 0 Å². The van der Waals surface area contributed by atoms with Crippen molar-refractivity contribution in [2.45, 2.75) is 50.5 Å². The highest BCUT2D eigenvalue weighted by Crippen LogP contribution is 2.32. The zero-order chi connectivity index (χ0) is 22.9. The number of amides is 2. The number of hydrogen-bond acceptors (Lipinski definition) is 5. The van der Waals surface area contributed by atoms with E-state index in [0.29, 0.717) is 31.7 Å². The number of fused-ring (bicyclic) bond motifs is 1. The molecule has 0 spiro atoms. The van der Waals surface area contributed by atoms with E-state index in [1.807, 2.05) is 13.8 Å². The maximum Gasteiger partial charge on any atom is 0.287 e. The van der Waals surface area contributed by atoms with Gasteiger partial charge in [0.05, 0.1) is 11.2 Å². The summed E-state index contributed by atoms with van der Waals surface area (Å²) in [6, 6.07) is 7.43. The van der Waals surface area contributed by atoms with Crippen LogP contribution in [0.3, 0.4) is 0 Å². The van der Waals surface area contributed by atoms with E-state index in [4.69, 9.17) is 4.42 Å². The Kier molecular flexibility index (Phi) is 6.39. The van der Waals surface area contributed by atoms with E-state index in [1.54, 1.807) is 39.5 Å². The minimum absolute atomic E-state index is 0.135. The van der Waals surface area contributed by atoms with Gasteiger partial charge in [0.1, 0.15) is 6.04 Å². The number of nitrogens with zero attached hydrogens (tertiary/aromatic N) is 2. The first-order valence-electron chi connectivity index (χ1n) is 11.1. The van der Waals surface area contributed by atoms with E-state index < -0.39 is 22.0 Å². The van der Waals surface area contributed by atoms with Gasteiger partial charge >= 0.3 is 0 Å². The Bertz CT molecular complexity index is 1090. The maximum atomic E-state index is 13.3. The van der Waals surface area contributed by atoms with Crippen LogP contribution < -0.4 is 10.2 Å². The topological polar surface area (TPSA) is 99.9 Å². The molecule has 0 bridgehead atoms. The van der Waals surface area contributed by atoms with Crippen molar-refractivity contribution in [2.75, 3.05) is 24.5 Å². The van der Waals surface area contributed by atoms with Gasteiger partial charge < -0.3 is 14.6 Å². The Morgan fingerprint density at radius 2 is 1.81 bits per heavy atom. The van der Waals surface area contributed by atoms with Gasteiger partial charge in [-0.1, -0.05) is 20.3 Å². The largest absolute Gasteiger partial charge is 0.459 e. The summed E-state index contributed by atoms with van der Waals surface area (Å²) >= 11 is 0. The SMILES string of the molecule is CC(C)[C@H](NC(=O)c1ccco1)C(=O)N1CCc2cc(S(=O)(=O)N3CCCCC3)ccc21. The van der Waals surface area contributed by atoms with Gasteiger partial charge in [-0.15, -0.1) is 0 Å². The van der Waals surface area contributed by atoms with Gasteiger partial charge in [0.2, 0.25) is 15.9 Å². The number of hydrogen-bond donors (Lipinski definition) is 1. The minimum Gasteiger partial charge on any atom is -0.459 e. The van der Waals surface area contributed by atoms with Gasteiger partial charge in [-0.3, -0.25) is 9.59 Å². The second-order valence-electron chi connectivity index (χ2n) is 8.67. The zero-order valence-corrected chi connectivity index (χ0v) is 19.2. The van der Waals surface area contributed by atoms with E-state index in [2.05, 4.69) is 5.32 Å². The van der Waals surface area contributed by atoms with Crippen LogP contribution in [-0.4, -0.2) is 50.2 Å². The lowest BCUT2D eigenvalue weighted by atomic mass is 10.0. The fraction of sp³-hybridized carbons (Fsp3) is 0.478. The summed E-state index contributed by atoms with van der Waals surface area (Å²) in [6.45, 7) is 5.29. The van der Waals surface area contributed by atoms with Crippen molar-refractivity contribution in [3.05, 3.63) is 47.9 Å². The molecule has 1 atom stereocenters. The third-order valence-corrected chi connectivity index (χ3v) is 8.02. The molecule has 1 saturated heterocycles. The third-order valence-electron chi connectivity index (χ3n) is 6.13. The van der Waals surface area contributed by atoms with E-state index >= 15 is 0 Å². The number of anilines is 1. The lowest BCUT2D eigenvalue weighted by molar-refractivity contribution is -0.121. The zero-order valence-electron chi connectivity index (χ0n) is 18.4. The molecular formula is C23H29N3O5S. The molecule has 3 heterocycles. The molecule has 2 aliphatic heterocycles. The molecule has 172 valence electrons. The van der Waals surface area contributed by atoms with E-state index in [9.17, 15) is 18.0 Å². The van der Waals surface area contributed by atoms with Gasteiger partial charge in [0, 0.05) is 25.3 Å². The number of piperidine rings is 1. The summed E-state index contributed by atoms with van der Waals surface area (Å²) in [5, 5.41) is 2.78. The molecule has 1 aromatic carbocycles. The van der Waals surface area contributed by atoms with Gasteiger partial charge in [-0.2, -0.15) is 4.31 Å². The quantitative estimate of drug-likeness (QED) is 0.716. The summed E-state index contributed by atoms with van der Waals surface area (Å²) in [5.41, 5.74) is 1.53. The van der Waals surface area contributed by atoms with Crippen LogP contribution in [0.15, 0.2) is 45.9 Å². The van der Waals surface area contributed by atoms with Crippen LogP contribution >= 0.6 is 0 Å². The monoisotopic (exact) mass is 459 g/mol. The number of carbonyl (C=O) groups excluding carboxylic acids is 2. The average Bonchev–Trinajstić information content (AvgIpc) is 3.47. The van der Waals surface area contributed by atoms with Crippen molar-refractivity contribution in [1.29, 1.82) is 0 Å². The van der Waals surface area contributed by atoms with Gasteiger partial charge in [0.25, 0.3) is 5.91 Å². The van der Waals surface area contributed by atoms with Crippen LogP contribution in [0.25, 0.3) is 0 Å². The molecule has 1 fully saturated rings. The number of nitrogens with one attached hydrogen (secondary N) is 1. The molecule has 0 saturated carbocycles. The molecule has 1 aromatic heterocycles. The Hall–Kier alpha value is -2.65. The van der Waals surface area contributed by atoms with Crippen LogP contribution in [0.2, 0.25) is 0 Å². The average molecular weight is 460 g/mol. The standard InChI is InChI=1S/C23H29N3O5S/c1-16(2)21(24-22(27)20-7-6-14-31-20)23(28)26-13-10-17-15-18(8-9-19(17)26)32(29,30)25-11-4-3-5-12-25/h6-9,14-16,21H,3-5,10-13H2,1-2H3,(H,24,27)/t21-/m0/s1. The van der Waals surface area contributed by atoms with E-state index in [-0.39, 0.29) is 22.5 Å². The molecule has 8 nitrogen and oxygen atoms in total. The Morgan fingerprint density at radius 3 is 2.47 bits per heavy atom. The lowest BCUT2D eigenvalue weighted by Crippen LogP contribution is -2.51. The molecule has 2 amide bonds. The first-order chi connectivity index (χ1) is 15.3. The fourth-order valence-electron chi connectivity index (χ4n) is 4.32. The number of furan rings is 1. The van der Waals surface area contributed by atoms with Gasteiger partial charge in [0.15, 0.2) is 5.76 Å². The summed E-state index contributed by atoms with van der Waals surface area (Å²) in [5.74, 6) is -0.642. The molecule has 4 rings (SSSR count). The Balaban J connectivity index is 1.54. The van der Waals surface area contributed by atoms with Gasteiger partial charge in [-0.05, 0) is 61.1 Å². The van der Waals surface area contributed by atoms with Crippen molar-refractivity contribution in [3.8, 4) is 0 Å². The number of rotatable bonds is 6. The van der Waals surface area contributed by atoms with Crippen LogP contribution in [0.1, 0.15) is 49.2 Å². The maximum absolute atomic E-state index is 13.3. The first kappa shape index (κ1) is 22.5. The van der Waals surface area contributed by atoms with Gasteiger partial charge in [-0.25, -0.2) is 8.42 Å². The fourth-order valence-corrected chi connectivity index (χ4v) is 5.89. The molecule has 1 N–H and O–H groups in total. The summed E-state index contributed by atoms with van der Waals surface area (Å²) in [6.07, 6.45) is 4.80. The van der Waals surface area contributed by atoms with Crippen LogP contribution in [0, 0.1) is 5.92 Å². The summed E-state index contributed by atoms with van der Waals surface area (Å²) < 4.78 is 32.7. The van der Waals surface area contributed by atoms with Crippen molar-refractivity contribution >= 4 is 27.5 Å². The molecule has 32 heavy (non-hydrogen) atoms. The highest BCUT2D eigenvalue weighted by molar-refractivity contribution is 7.89. The number of sulfonamides is 1. The molecule has 0 radical (unpaired) electrons. The summed E-state index contributed by atoms with van der Waals surface area (Å²) in [7, 11) is -3.53. The Morgan fingerprint density at radius 1 is 1.06 bits per heavy atom. The molecule has 2 aliphatic rings. The van der Waals surface area contributed by atoms with Crippen LogP contribution in [0.4, 0.5) is 5.69 Å². The smallest absolute Gasteiger partial charge is 0.287 e. The van der Waals surface area contributed by atoms with Crippen LogP contribution in [-0.2, 0) is 21.2 Å². The highest BCUT2D eigenvalue weighted by Gasteiger charge is 2.35. The first-order valence-corrected chi connectivity index (χ1v) is 12.5. The molecule has 9 heteroatoms. The molecular weight excluding hydrogens is 430 g/mol. The normalized spacial score (nSPS) is 17.9. The minimum atomic E-state index is -3.53. The highest BCUT2D eigenvalue weighted by atomic mass is 32.2. The Labute approximate surface area is 188 Å². The number of benzene rings is 1.